The molecule has 0 aromatic carbocycles. The summed E-state index contributed by atoms with van der Waals surface area (Å²) < 4.78 is 5.50. The molecule has 3 heterocycles. The lowest BCUT2D eigenvalue weighted by atomic mass is 10.1. The average molecular weight is 318 g/mol. The van der Waals surface area contributed by atoms with Gasteiger partial charge in [0, 0.05) is 32.4 Å². The highest BCUT2D eigenvalue weighted by Crippen LogP contribution is 2.17. The Labute approximate surface area is 137 Å². The molecule has 0 aliphatic carbocycles. The number of morpholine rings is 1. The van der Waals surface area contributed by atoms with E-state index in [0.29, 0.717) is 19.1 Å². The van der Waals surface area contributed by atoms with Crippen LogP contribution in [-0.4, -0.2) is 72.7 Å². The molecule has 6 nitrogen and oxygen atoms in total. The van der Waals surface area contributed by atoms with Crippen molar-refractivity contribution in [3.8, 4) is 0 Å². The highest BCUT2D eigenvalue weighted by atomic mass is 16.5. The van der Waals surface area contributed by atoms with E-state index in [0.717, 1.165) is 45.0 Å². The van der Waals surface area contributed by atoms with Crippen LogP contribution in [0.2, 0.25) is 0 Å². The fourth-order valence-electron chi connectivity index (χ4n) is 3.28. The first-order valence-electron chi connectivity index (χ1n) is 8.47. The van der Waals surface area contributed by atoms with Gasteiger partial charge in [-0.05, 0) is 37.9 Å². The van der Waals surface area contributed by atoms with Crippen molar-refractivity contribution >= 4 is 11.7 Å². The number of anilines is 1. The molecule has 3 rings (SSSR count). The van der Waals surface area contributed by atoms with Gasteiger partial charge in [0.1, 0.15) is 5.82 Å². The van der Waals surface area contributed by atoms with Gasteiger partial charge in [-0.2, -0.15) is 0 Å². The second-order valence-electron chi connectivity index (χ2n) is 6.51. The minimum atomic E-state index is 0.154. The number of carbonyl (C=O) groups excluding carboxylic acids is 1. The standard InChI is InChI=1S/C17H26N4O2/c1-14-11-21(8-9-23-14)17(22)13-20-7-5-15(12-20)10-19-16-4-2-3-6-18-16/h2-4,6,14-15H,5,7-13H2,1H3,(H,18,19). The molecule has 1 N–H and O–H groups in total. The van der Waals surface area contributed by atoms with Crippen LogP contribution in [0, 0.1) is 5.92 Å². The maximum atomic E-state index is 12.4. The Kier molecular flexibility index (Phi) is 5.46. The molecule has 126 valence electrons. The SMILES string of the molecule is CC1CN(C(=O)CN2CCC(CNc3ccccn3)C2)CCO1. The maximum absolute atomic E-state index is 12.4. The van der Waals surface area contributed by atoms with E-state index in [-0.39, 0.29) is 12.0 Å². The predicted molar refractivity (Wildman–Crippen MR) is 89.3 cm³/mol. The zero-order chi connectivity index (χ0) is 16.1. The number of hydrogen-bond acceptors (Lipinski definition) is 5. The second-order valence-corrected chi connectivity index (χ2v) is 6.51. The van der Waals surface area contributed by atoms with E-state index >= 15 is 0 Å². The number of aromatic nitrogens is 1. The van der Waals surface area contributed by atoms with Crippen LogP contribution in [0.5, 0.6) is 0 Å². The molecular weight excluding hydrogens is 292 g/mol. The lowest BCUT2D eigenvalue weighted by Crippen LogP contribution is -2.48. The van der Waals surface area contributed by atoms with Gasteiger partial charge in [0.25, 0.3) is 0 Å². The third kappa shape index (κ3) is 4.65. The van der Waals surface area contributed by atoms with Gasteiger partial charge in [0.05, 0.1) is 19.3 Å². The van der Waals surface area contributed by atoms with E-state index in [1.807, 2.05) is 30.0 Å². The van der Waals surface area contributed by atoms with Crippen molar-refractivity contribution in [1.82, 2.24) is 14.8 Å². The van der Waals surface area contributed by atoms with Gasteiger partial charge in [-0.15, -0.1) is 0 Å². The Morgan fingerprint density at radius 2 is 2.30 bits per heavy atom. The summed E-state index contributed by atoms with van der Waals surface area (Å²) in [5, 5.41) is 3.38. The van der Waals surface area contributed by atoms with Crippen LogP contribution in [0.3, 0.4) is 0 Å². The number of amides is 1. The molecule has 2 saturated heterocycles. The van der Waals surface area contributed by atoms with Gasteiger partial charge >= 0.3 is 0 Å². The topological polar surface area (TPSA) is 57.7 Å². The van der Waals surface area contributed by atoms with Crippen LogP contribution in [0.4, 0.5) is 5.82 Å². The largest absolute Gasteiger partial charge is 0.375 e. The fourth-order valence-corrected chi connectivity index (χ4v) is 3.28. The van der Waals surface area contributed by atoms with Crippen LogP contribution in [-0.2, 0) is 9.53 Å². The molecule has 0 bridgehead atoms. The summed E-state index contributed by atoms with van der Waals surface area (Å²) in [5.74, 6) is 1.73. The lowest BCUT2D eigenvalue weighted by molar-refractivity contribution is -0.139. The smallest absolute Gasteiger partial charge is 0.236 e. The number of carbonyl (C=O) groups is 1. The van der Waals surface area contributed by atoms with Crippen molar-refractivity contribution in [2.75, 3.05) is 51.2 Å². The van der Waals surface area contributed by atoms with Crippen molar-refractivity contribution in [1.29, 1.82) is 0 Å². The van der Waals surface area contributed by atoms with Gasteiger partial charge in [0.15, 0.2) is 0 Å². The summed E-state index contributed by atoms with van der Waals surface area (Å²) in [6.45, 7) is 7.55. The zero-order valence-electron chi connectivity index (χ0n) is 13.8. The molecule has 0 radical (unpaired) electrons. The van der Waals surface area contributed by atoms with E-state index in [4.69, 9.17) is 4.74 Å². The Morgan fingerprint density at radius 1 is 1.39 bits per heavy atom. The quantitative estimate of drug-likeness (QED) is 0.880. The lowest BCUT2D eigenvalue weighted by Gasteiger charge is -2.32. The van der Waals surface area contributed by atoms with Gasteiger partial charge < -0.3 is 15.0 Å². The third-order valence-corrected chi connectivity index (χ3v) is 4.56. The molecular formula is C17H26N4O2. The van der Waals surface area contributed by atoms with E-state index in [1.165, 1.54) is 0 Å². The van der Waals surface area contributed by atoms with Crippen molar-refractivity contribution in [3.05, 3.63) is 24.4 Å². The number of rotatable bonds is 5. The molecule has 2 fully saturated rings. The molecule has 2 atom stereocenters. The van der Waals surface area contributed by atoms with Gasteiger partial charge in [-0.1, -0.05) is 6.07 Å². The van der Waals surface area contributed by atoms with E-state index in [9.17, 15) is 4.79 Å². The molecule has 2 unspecified atom stereocenters. The van der Waals surface area contributed by atoms with E-state index in [2.05, 4.69) is 15.2 Å². The Hall–Kier alpha value is -1.66. The first-order chi connectivity index (χ1) is 11.2. The molecule has 2 aliphatic rings. The van der Waals surface area contributed by atoms with Crippen LogP contribution in [0.25, 0.3) is 0 Å². The molecule has 2 aliphatic heterocycles. The molecule has 1 aromatic rings. The van der Waals surface area contributed by atoms with E-state index < -0.39 is 0 Å². The van der Waals surface area contributed by atoms with Crippen LogP contribution >= 0.6 is 0 Å². The number of hydrogen-bond donors (Lipinski definition) is 1. The average Bonchev–Trinajstić information content (AvgIpc) is 3.01. The number of likely N-dealkylation sites (tertiary alicyclic amines) is 1. The summed E-state index contributed by atoms with van der Waals surface area (Å²) in [7, 11) is 0. The molecule has 0 spiro atoms. The summed E-state index contributed by atoms with van der Waals surface area (Å²) in [6.07, 6.45) is 3.08. The van der Waals surface area contributed by atoms with Gasteiger partial charge in [-0.3, -0.25) is 9.69 Å². The van der Waals surface area contributed by atoms with Gasteiger partial charge in [-0.25, -0.2) is 4.98 Å². The monoisotopic (exact) mass is 318 g/mol. The third-order valence-electron chi connectivity index (χ3n) is 4.56. The normalized spacial score (nSPS) is 25.5. The highest BCUT2D eigenvalue weighted by Gasteiger charge is 2.27. The first-order valence-corrected chi connectivity index (χ1v) is 8.47. The molecule has 1 aromatic heterocycles. The Morgan fingerprint density at radius 3 is 3.09 bits per heavy atom. The maximum Gasteiger partial charge on any atom is 0.236 e. The Balaban J connectivity index is 1.40. The van der Waals surface area contributed by atoms with E-state index in [1.54, 1.807) is 6.20 Å². The summed E-state index contributed by atoms with van der Waals surface area (Å²) in [6, 6.07) is 5.88. The van der Waals surface area contributed by atoms with Crippen LogP contribution in [0.1, 0.15) is 13.3 Å². The molecule has 6 heteroatoms. The van der Waals surface area contributed by atoms with Crippen molar-refractivity contribution in [2.24, 2.45) is 5.92 Å². The number of nitrogens with zero attached hydrogens (tertiary/aromatic N) is 3. The minimum absolute atomic E-state index is 0.154. The van der Waals surface area contributed by atoms with Crippen LogP contribution < -0.4 is 5.32 Å². The van der Waals surface area contributed by atoms with Crippen molar-refractivity contribution < 1.29 is 9.53 Å². The zero-order valence-corrected chi connectivity index (χ0v) is 13.8. The summed E-state index contributed by atoms with van der Waals surface area (Å²) in [5.41, 5.74) is 0. The molecule has 23 heavy (non-hydrogen) atoms. The predicted octanol–water partition coefficient (Wildman–Crippen LogP) is 1.06. The number of ether oxygens (including phenoxy) is 1. The summed E-state index contributed by atoms with van der Waals surface area (Å²) >= 11 is 0. The van der Waals surface area contributed by atoms with Crippen molar-refractivity contribution in [2.45, 2.75) is 19.4 Å². The second kappa shape index (κ2) is 7.75. The number of nitrogens with one attached hydrogen (secondary N) is 1. The Bertz CT molecular complexity index is 511. The molecule has 0 saturated carbocycles. The highest BCUT2D eigenvalue weighted by molar-refractivity contribution is 5.78. The summed E-state index contributed by atoms with van der Waals surface area (Å²) in [4.78, 5) is 20.9. The van der Waals surface area contributed by atoms with Crippen LogP contribution in [0.15, 0.2) is 24.4 Å². The number of pyridine rings is 1. The molecule has 1 amide bonds. The first kappa shape index (κ1) is 16.2. The fraction of sp³-hybridized carbons (Fsp3) is 0.647. The minimum Gasteiger partial charge on any atom is -0.375 e. The van der Waals surface area contributed by atoms with Crippen molar-refractivity contribution in [3.63, 3.8) is 0 Å². The van der Waals surface area contributed by atoms with Gasteiger partial charge in [0.2, 0.25) is 5.91 Å².